The van der Waals surface area contributed by atoms with E-state index >= 15 is 0 Å². The van der Waals surface area contributed by atoms with E-state index in [1.165, 1.54) is 4.57 Å². The third-order valence-corrected chi connectivity index (χ3v) is 3.96. The summed E-state index contributed by atoms with van der Waals surface area (Å²) in [4.78, 5) is 17.3. The van der Waals surface area contributed by atoms with Crippen molar-refractivity contribution in [3.63, 3.8) is 0 Å². The summed E-state index contributed by atoms with van der Waals surface area (Å²) in [5.41, 5.74) is 0.503. The molecule has 0 spiro atoms. The van der Waals surface area contributed by atoms with Crippen molar-refractivity contribution in [3.05, 3.63) is 39.9 Å². The van der Waals surface area contributed by atoms with Crippen LogP contribution in [0.4, 0.5) is 0 Å². The van der Waals surface area contributed by atoms with Crippen LogP contribution in [0.15, 0.2) is 23.0 Å². The molecule has 2 rings (SSSR count). The van der Waals surface area contributed by atoms with Crippen molar-refractivity contribution in [3.8, 4) is 23.1 Å². The van der Waals surface area contributed by atoms with E-state index in [-0.39, 0.29) is 17.0 Å². The van der Waals surface area contributed by atoms with Gasteiger partial charge in [0, 0.05) is 6.42 Å². The number of nitrogens with zero attached hydrogens (tertiary/aromatic N) is 2. The van der Waals surface area contributed by atoms with Crippen molar-refractivity contribution in [1.82, 2.24) is 9.55 Å². The second-order valence-corrected chi connectivity index (χ2v) is 5.44. The van der Waals surface area contributed by atoms with Crippen molar-refractivity contribution in [2.45, 2.75) is 39.5 Å². The number of aromatic hydroxyl groups is 1. The molecular formula is C18H24N2O4. The molecule has 1 aromatic carbocycles. The minimum atomic E-state index is -0.293. The molecule has 0 saturated carbocycles. The molecule has 24 heavy (non-hydrogen) atoms. The lowest BCUT2D eigenvalue weighted by molar-refractivity contribution is 0.387. The van der Waals surface area contributed by atoms with E-state index in [1.54, 1.807) is 32.4 Å². The standard InChI is InChI=1S/C18H24N2O4/c1-5-7-11-15-19-17(21)12(6-2)18(22)20(15)16-13(23-3)9-8-10-14(16)24-4/h8-10,21H,5-7,11H2,1-4H3. The summed E-state index contributed by atoms with van der Waals surface area (Å²) in [6.07, 6.45) is 2.78. The molecule has 6 heteroatoms. The van der Waals surface area contributed by atoms with Gasteiger partial charge in [0.25, 0.3) is 5.56 Å². The number of ether oxygens (including phenoxy) is 2. The van der Waals surface area contributed by atoms with Gasteiger partial charge in [-0.2, -0.15) is 4.98 Å². The third-order valence-electron chi connectivity index (χ3n) is 3.96. The molecule has 0 radical (unpaired) electrons. The summed E-state index contributed by atoms with van der Waals surface area (Å²) < 4.78 is 12.4. The van der Waals surface area contributed by atoms with E-state index in [2.05, 4.69) is 11.9 Å². The first kappa shape index (κ1) is 17.8. The van der Waals surface area contributed by atoms with Crippen molar-refractivity contribution >= 4 is 0 Å². The second kappa shape index (κ2) is 7.86. The van der Waals surface area contributed by atoms with Crippen LogP contribution in [0, 0.1) is 0 Å². The fourth-order valence-corrected chi connectivity index (χ4v) is 2.68. The second-order valence-electron chi connectivity index (χ2n) is 5.44. The van der Waals surface area contributed by atoms with Gasteiger partial charge < -0.3 is 14.6 Å². The monoisotopic (exact) mass is 332 g/mol. The molecule has 0 aliphatic carbocycles. The number of methoxy groups -OCH3 is 2. The summed E-state index contributed by atoms with van der Waals surface area (Å²) in [5.74, 6) is 1.34. The summed E-state index contributed by atoms with van der Waals surface area (Å²) in [5, 5.41) is 10.1. The van der Waals surface area contributed by atoms with Gasteiger partial charge in [0.05, 0.1) is 19.8 Å². The lowest BCUT2D eigenvalue weighted by atomic mass is 10.1. The summed E-state index contributed by atoms with van der Waals surface area (Å²) >= 11 is 0. The van der Waals surface area contributed by atoms with Crippen LogP contribution in [0.1, 0.15) is 38.1 Å². The lowest BCUT2D eigenvalue weighted by Gasteiger charge is -2.19. The van der Waals surface area contributed by atoms with E-state index in [0.717, 1.165) is 12.8 Å². The van der Waals surface area contributed by atoms with Crippen LogP contribution in [0.3, 0.4) is 0 Å². The predicted molar refractivity (Wildman–Crippen MR) is 92.6 cm³/mol. The highest BCUT2D eigenvalue weighted by Gasteiger charge is 2.21. The van der Waals surface area contributed by atoms with Gasteiger partial charge in [0.15, 0.2) is 0 Å². The topological polar surface area (TPSA) is 73.6 Å². The van der Waals surface area contributed by atoms with Crippen molar-refractivity contribution in [1.29, 1.82) is 0 Å². The number of rotatable bonds is 7. The summed E-state index contributed by atoms with van der Waals surface area (Å²) in [6.45, 7) is 3.88. The Balaban J connectivity index is 2.84. The summed E-state index contributed by atoms with van der Waals surface area (Å²) in [6, 6.07) is 5.34. The van der Waals surface area contributed by atoms with E-state index in [9.17, 15) is 9.90 Å². The zero-order chi connectivity index (χ0) is 17.7. The van der Waals surface area contributed by atoms with Crippen LogP contribution in [-0.2, 0) is 12.8 Å². The van der Waals surface area contributed by atoms with Crippen LogP contribution in [0.25, 0.3) is 5.69 Å². The fourth-order valence-electron chi connectivity index (χ4n) is 2.68. The smallest absolute Gasteiger partial charge is 0.265 e. The molecular weight excluding hydrogens is 308 g/mol. The number of para-hydroxylation sites is 1. The Kier molecular flexibility index (Phi) is 5.84. The minimum absolute atomic E-state index is 0.196. The van der Waals surface area contributed by atoms with Gasteiger partial charge >= 0.3 is 0 Å². The lowest BCUT2D eigenvalue weighted by Crippen LogP contribution is -2.27. The maximum atomic E-state index is 13.0. The summed E-state index contributed by atoms with van der Waals surface area (Å²) in [7, 11) is 3.09. The molecule has 0 aliphatic heterocycles. The molecule has 0 aliphatic rings. The van der Waals surface area contributed by atoms with Crippen LogP contribution >= 0.6 is 0 Å². The molecule has 0 fully saturated rings. The fraction of sp³-hybridized carbons (Fsp3) is 0.444. The Labute approximate surface area is 141 Å². The van der Waals surface area contributed by atoms with Gasteiger partial charge in [-0.05, 0) is 25.0 Å². The molecule has 130 valence electrons. The van der Waals surface area contributed by atoms with Crippen molar-refractivity contribution < 1.29 is 14.6 Å². The number of hydrogen-bond donors (Lipinski definition) is 1. The van der Waals surface area contributed by atoms with E-state index in [0.29, 0.717) is 35.9 Å². The minimum Gasteiger partial charge on any atom is -0.494 e. The Bertz CT molecular complexity index is 746. The van der Waals surface area contributed by atoms with E-state index in [1.807, 2.05) is 6.92 Å². The molecule has 0 bridgehead atoms. The van der Waals surface area contributed by atoms with Crippen molar-refractivity contribution in [2.24, 2.45) is 0 Å². The number of aryl methyl sites for hydroxylation is 1. The zero-order valence-electron chi connectivity index (χ0n) is 14.6. The Morgan fingerprint density at radius 3 is 2.29 bits per heavy atom. The van der Waals surface area contributed by atoms with Crippen LogP contribution in [0.5, 0.6) is 17.4 Å². The molecule has 1 heterocycles. The Hall–Kier alpha value is -2.50. The van der Waals surface area contributed by atoms with Gasteiger partial charge in [-0.3, -0.25) is 9.36 Å². The zero-order valence-corrected chi connectivity index (χ0v) is 14.6. The molecule has 1 aromatic heterocycles. The van der Waals surface area contributed by atoms with Crippen LogP contribution in [0.2, 0.25) is 0 Å². The first-order valence-corrected chi connectivity index (χ1v) is 8.14. The molecule has 0 atom stereocenters. The molecule has 0 unspecified atom stereocenters. The third kappa shape index (κ3) is 3.22. The molecule has 0 amide bonds. The Morgan fingerprint density at radius 2 is 1.79 bits per heavy atom. The SMILES string of the molecule is CCCCc1nc(O)c(CC)c(=O)n1-c1c(OC)cccc1OC. The molecule has 2 aromatic rings. The van der Waals surface area contributed by atoms with Crippen LogP contribution < -0.4 is 15.0 Å². The highest BCUT2D eigenvalue weighted by atomic mass is 16.5. The molecule has 0 saturated heterocycles. The van der Waals surface area contributed by atoms with E-state index in [4.69, 9.17) is 9.47 Å². The average molecular weight is 332 g/mol. The van der Waals surface area contributed by atoms with Crippen molar-refractivity contribution in [2.75, 3.05) is 14.2 Å². The Morgan fingerprint density at radius 1 is 1.17 bits per heavy atom. The van der Waals surface area contributed by atoms with Gasteiger partial charge in [-0.15, -0.1) is 0 Å². The van der Waals surface area contributed by atoms with Gasteiger partial charge in [0.2, 0.25) is 5.88 Å². The largest absolute Gasteiger partial charge is 0.494 e. The van der Waals surface area contributed by atoms with Gasteiger partial charge in [-0.25, -0.2) is 0 Å². The number of unbranched alkanes of at least 4 members (excludes halogenated alkanes) is 1. The van der Waals surface area contributed by atoms with Gasteiger partial charge in [-0.1, -0.05) is 26.3 Å². The highest BCUT2D eigenvalue weighted by molar-refractivity contribution is 5.58. The molecule has 1 N–H and O–H groups in total. The van der Waals surface area contributed by atoms with Gasteiger partial charge in [0.1, 0.15) is 23.0 Å². The first-order chi connectivity index (χ1) is 11.6. The number of benzene rings is 1. The molecule has 6 nitrogen and oxygen atoms in total. The quantitative estimate of drug-likeness (QED) is 0.844. The van der Waals surface area contributed by atoms with Crippen LogP contribution in [-0.4, -0.2) is 28.9 Å². The average Bonchev–Trinajstić information content (AvgIpc) is 2.59. The highest BCUT2D eigenvalue weighted by Crippen LogP contribution is 2.32. The maximum absolute atomic E-state index is 13.0. The first-order valence-electron chi connectivity index (χ1n) is 8.14. The van der Waals surface area contributed by atoms with E-state index < -0.39 is 0 Å². The normalized spacial score (nSPS) is 10.7. The number of hydrogen-bond acceptors (Lipinski definition) is 5. The predicted octanol–water partition coefficient (Wildman–Crippen LogP) is 2.86. The maximum Gasteiger partial charge on any atom is 0.265 e. The number of aromatic nitrogens is 2.